The summed E-state index contributed by atoms with van der Waals surface area (Å²) in [5, 5.41) is 18.5. The summed E-state index contributed by atoms with van der Waals surface area (Å²) < 4.78 is 33.0. The first-order chi connectivity index (χ1) is 33.7. The molecule has 0 bridgehead atoms. The highest BCUT2D eigenvalue weighted by atomic mass is 31.2. The molecule has 3 atom stereocenters. The van der Waals surface area contributed by atoms with Gasteiger partial charge in [0.2, 0.25) is 0 Å². The summed E-state index contributed by atoms with van der Waals surface area (Å²) in [4.78, 5) is 35.3. The molecule has 0 aliphatic heterocycles. The Morgan fingerprint density at radius 2 is 0.754 bits per heavy atom. The molecule has 0 saturated heterocycles. The molecule has 0 heterocycles. The van der Waals surface area contributed by atoms with Crippen molar-refractivity contribution >= 4 is 19.8 Å². The van der Waals surface area contributed by atoms with E-state index in [-0.39, 0.29) is 19.4 Å². The fourth-order valence-electron chi connectivity index (χ4n) is 8.62. The molecule has 0 radical (unpaired) electrons. The maximum absolute atomic E-state index is 12.7. The van der Waals surface area contributed by atoms with Crippen molar-refractivity contribution in [1.82, 2.24) is 0 Å². The summed E-state index contributed by atoms with van der Waals surface area (Å²) in [6.07, 6.45) is 60.1. The minimum atomic E-state index is -4.63. The van der Waals surface area contributed by atoms with Crippen molar-refractivity contribution in [2.45, 2.75) is 309 Å². The van der Waals surface area contributed by atoms with Crippen LogP contribution in [0.4, 0.5) is 0 Å². The van der Waals surface area contributed by atoms with Crippen LogP contribution in [0.3, 0.4) is 0 Å². The quantitative estimate of drug-likeness (QED) is 0.0233. The Morgan fingerprint density at radius 1 is 0.435 bits per heavy atom. The van der Waals surface area contributed by atoms with E-state index in [1.165, 1.54) is 218 Å². The van der Waals surface area contributed by atoms with E-state index in [1.807, 2.05) is 0 Å². The topological polar surface area (TPSA) is 149 Å². The van der Waals surface area contributed by atoms with Crippen LogP contribution in [0, 0.1) is 0 Å². The van der Waals surface area contributed by atoms with Crippen LogP contribution in [0.2, 0.25) is 0 Å². The first-order valence-electron chi connectivity index (χ1n) is 29.3. The lowest BCUT2D eigenvalue weighted by Crippen LogP contribution is -2.29. The van der Waals surface area contributed by atoms with E-state index in [4.69, 9.17) is 23.6 Å². The fraction of sp³-hybridized carbons (Fsp3) is 0.897. The molecule has 69 heavy (non-hydrogen) atoms. The number of ether oxygens (including phenoxy) is 2. The fourth-order valence-corrected chi connectivity index (χ4v) is 9.41. The van der Waals surface area contributed by atoms with E-state index in [1.54, 1.807) is 0 Å². The van der Waals surface area contributed by atoms with Crippen LogP contribution in [0.15, 0.2) is 24.3 Å². The standard InChI is InChI=1S/C58H111O10P/c1-3-5-7-9-11-13-15-17-19-21-23-25-27-29-31-33-35-37-39-41-43-45-47-49-57(61)65-53-56(54-67-69(63,64)66-52-55(60)51-59)68-58(62)50-48-46-44-42-40-38-36-34-32-30-28-26-24-22-20-18-16-14-12-10-8-6-4-2/h16,18,22,24,55-56,59-60H,3-15,17,19-21,23,25-54H2,1-2H3,(H,63,64)/b18-16-,24-22-. The number of phosphoric acid groups is 1. The Balaban J connectivity index is 4.06. The number of phosphoric ester groups is 1. The van der Waals surface area contributed by atoms with Crippen molar-refractivity contribution in [3.63, 3.8) is 0 Å². The molecule has 3 unspecified atom stereocenters. The molecule has 11 heteroatoms. The second-order valence-corrected chi connectivity index (χ2v) is 21.5. The van der Waals surface area contributed by atoms with Crippen LogP contribution in [-0.4, -0.2) is 65.7 Å². The van der Waals surface area contributed by atoms with Crippen molar-refractivity contribution in [2.75, 3.05) is 26.4 Å². The molecule has 0 aromatic heterocycles. The number of hydrogen-bond donors (Lipinski definition) is 3. The molecule has 0 aromatic carbocycles. The Bertz CT molecular complexity index is 1200. The zero-order chi connectivity index (χ0) is 50.4. The maximum Gasteiger partial charge on any atom is 0.472 e. The lowest BCUT2D eigenvalue weighted by atomic mass is 10.0. The van der Waals surface area contributed by atoms with Gasteiger partial charge in [0.25, 0.3) is 0 Å². The lowest BCUT2D eigenvalue weighted by molar-refractivity contribution is -0.161. The van der Waals surface area contributed by atoms with E-state index in [2.05, 4.69) is 38.2 Å². The minimum Gasteiger partial charge on any atom is -0.462 e. The van der Waals surface area contributed by atoms with Gasteiger partial charge < -0.3 is 24.6 Å². The second-order valence-electron chi connectivity index (χ2n) is 20.0. The smallest absolute Gasteiger partial charge is 0.462 e. The number of carbonyl (C=O) groups is 2. The first-order valence-corrected chi connectivity index (χ1v) is 30.8. The Hall–Kier alpha value is -1.55. The zero-order valence-electron chi connectivity index (χ0n) is 45.1. The molecule has 3 N–H and O–H groups in total. The lowest BCUT2D eigenvalue weighted by Gasteiger charge is -2.20. The number of rotatable bonds is 56. The molecule has 0 amide bonds. The molecule has 408 valence electrons. The number of hydrogen-bond acceptors (Lipinski definition) is 9. The van der Waals surface area contributed by atoms with E-state index in [0.29, 0.717) is 12.8 Å². The molecular weight excluding hydrogens is 888 g/mol. The number of aliphatic hydroxyl groups excluding tert-OH is 2. The van der Waals surface area contributed by atoms with Crippen LogP contribution in [-0.2, 0) is 32.7 Å². The van der Waals surface area contributed by atoms with Gasteiger partial charge in [-0.25, -0.2) is 4.57 Å². The molecular formula is C58H111O10P. The second kappa shape index (κ2) is 54.2. The SMILES string of the molecule is CCCCCCC/C=C\C/C=C\CCCCCCCCCCCCCC(=O)OC(COC(=O)CCCCCCCCCCCCCCCCCCCCCCCCC)COP(=O)(O)OCC(O)CO. The molecule has 0 aliphatic carbocycles. The first kappa shape index (κ1) is 67.5. The monoisotopic (exact) mass is 999 g/mol. The van der Waals surface area contributed by atoms with Gasteiger partial charge in [-0.1, -0.05) is 263 Å². The van der Waals surface area contributed by atoms with E-state index in [9.17, 15) is 24.2 Å². The van der Waals surface area contributed by atoms with Gasteiger partial charge in [0, 0.05) is 12.8 Å². The number of esters is 2. The molecule has 0 aromatic rings. The third kappa shape index (κ3) is 54.1. The number of allylic oxidation sites excluding steroid dienone is 4. The Morgan fingerprint density at radius 3 is 1.12 bits per heavy atom. The number of carbonyl (C=O) groups excluding carboxylic acids is 2. The van der Waals surface area contributed by atoms with Crippen LogP contribution >= 0.6 is 7.82 Å². The van der Waals surface area contributed by atoms with Gasteiger partial charge in [0.1, 0.15) is 12.7 Å². The highest BCUT2D eigenvalue weighted by Gasteiger charge is 2.27. The third-order valence-electron chi connectivity index (χ3n) is 13.1. The largest absolute Gasteiger partial charge is 0.472 e. The molecule has 0 spiro atoms. The normalized spacial score (nSPS) is 13.6. The van der Waals surface area contributed by atoms with Crippen molar-refractivity contribution in [1.29, 1.82) is 0 Å². The van der Waals surface area contributed by atoms with E-state index in [0.717, 1.165) is 38.5 Å². The number of unbranched alkanes of at least 4 members (excludes halogenated alkanes) is 38. The van der Waals surface area contributed by atoms with Gasteiger partial charge in [-0.2, -0.15) is 0 Å². The summed E-state index contributed by atoms with van der Waals surface area (Å²) in [5.41, 5.74) is 0. The molecule has 0 aliphatic rings. The highest BCUT2D eigenvalue weighted by molar-refractivity contribution is 7.47. The number of aliphatic hydroxyl groups is 2. The van der Waals surface area contributed by atoms with Gasteiger partial charge in [-0.15, -0.1) is 0 Å². The highest BCUT2D eigenvalue weighted by Crippen LogP contribution is 2.43. The van der Waals surface area contributed by atoms with Crippen LogP contribution in [0.5, 0.6) is 0 Å². The zero-order valence-corrected chi connectivity index (χ0v) is 45.9. The molecule has 0 rings (SSSR count). The van der Waals surface area contributed by atoms with Gasteiger partial charge in [0.15, 0.2) is 6.10 Å². The summed E-state index contributed by atoms with van der Waals surface area (Å²) >= 11 is 0. The van der Waals surface area contributed by atoms with Crippen LogP contribution in [0.25, 0.3) is 0 Å². The summed E-state index contributed by atoms with van der Waals surface area (Å²) in [5.74, 6) is -0.908. The minimum absolute atomic E-state index is 0.186. The predicted molar refractivity (Wildman–Crippen MR) is 288 cm³/mol. The van der Waals surface area contributed by atoms with Crippen molar-refractivity contribution in [3.05, 3.63) is 24.3 Å². The Labute approximate surface area is 425 Å². The Kier molecular flexibility index (Phi) is 53.0. The van der Waals surface area contributed by atoms with Crippen molar-refractivity contribution in [3.8, 4) is 0 Å². The average molecular weight is 999 g/mol. The molecule has 10 nitrogen and oxygen atoms in total. The summed E-state index contributed by atoms with van der Waals surface area (Å²) in [6.45, 7) is 2.44. The molecule has 0 fully saturated rings. The van der Waals surface area contributed by atoms with E-state index >= 15 is 0 Å². The summed E-state index contributed by atoms with van der Waals surface area (Å²) in [7, 11) is -4.63. The predicted octanol–water partition coefficient (Wildman–Crippen LogP) is 17.2. The summed E-state index contributed by atoms with van der Waals surface area (Å²) in [6, 6.07) is 0. The van der Waals surface area contributed by atoms with Gasteiger partial charge >= 0.3 is 19.8 Å². The third-order valence-corrected chi connectivity index (χ3v) is 14.1. The van der Waals surface area contributed by atoms with Gasteiger partial charge in [-0.3, -0.25) is 18.6 Å². The van der Waals surface area contributed by atoms with Crippen LogP contribution < -0.4 is 0 Å². The average Bonchev–Trinajstić information content (AvgIpc) is 3.34. The van der Waals surface area contributed by atoms with Gasteiger partial charge in [-0.05, 0) is 44.9 Å². The van der Waals surface area contributed by atoms with Crippen molar-refractivity contribution < 1.29 is 47.8 Å². The van der Waals surface area contributed by atoms with Crippen LogP contribution in [0.1, 0.15) is 296 Å². The van der Waals surface area contributed by atoms with E-state index < -0.39 is 51.8 Å². The van der Waals surface area contributed by atoms with Crippen molar-refractivity contribution in [2.24, 2.45) is 0 Å². The molecule has 0 saturated carbocycles. The van der Waals surface area contributed by atoms with Gasteiger partial charge in [0.05, 0.1) is 19.8 Å². The maximum atomic E-state index is 12.7.